The van der Waals surface area contributed by atoms with Crippen molar-refractivity contribution in [2.24, 2.45) is 5.92 Å². The third-order valence-corrected chi connectivity index (χ3v) is 12.2. The van der Waals surface area contributed by atoms with Crippen LogP contribution in [0, 0.1) is 5.92 Å². The van der Waals surface area contributed by atoms with Gasteiger partial charge in [-0.05, 0) is 94.3 Å². The average molecular weight is 741 g/mol. The van der Waals surface area contributed by atoms with Crippen molar-refractivity contribution in [3.8, 4) is 0 Å². The van der Waals surface area contributed by atoms with Crippen molar-refractivity contribution in [2.45, 2.75) is 88.3 Å². The van der Waals surface area contributed by atoms with Gasteiger partial charge in [-0.25, -0.2) is 8.78 Å². The molecule has 7 rings (SSSR count). The zero-order chi connectivity index (χ0) is 37.7. The highest BCUT2D eigenvalue weighted by Crippen LogP contribution is 2.37. The largest absolute Gasteiger partial charge is 0.349 e. The molecule has 3 aromatic rings. The molecule has 0 bridgehead atoms. The number of rotatable bonds is 14. The highest BCUT2D eigenvalue weighted by Gasteiger charge is 2.39. The van der Waals surface area contributed by atoms with Gasteiger partial charge in [0.2, 0.25) is 11.8 Å². The van der Waals surface area contributed by atoms with E-state index < -0.39 is 5.92 Å². The minimum Gasteiger partial charge on any atom is -0.349 e. The van der Waals surface area contributed by atoms with Crippen LogP contribution in [-0.2, 0) is 11.2 Å². The van der Waals surface area contributed by atoms with Crippen molar-refractivity contribution in [1.82, 2.24) is 29.9 Å². The molecule has 2 aromatic carbocycles. The van der Waals surface area contributed by atoms with E-state index in [0.717, 1.165) is 83.4 Å². The van der Waals surface area contributed by atoms with E-state index in [1.807, 2.05) is 42.6 Å². The van der Waals surface area contributed by atoms with Gasteiger partial charge in [-0.1, -0.05) is 48.5 Å². The Bertz CT molecular complexity index is 1730. The number of halogens is 2. The van der Waals surface area contributed by atoms with Gasteiger partial charge in [0.05, 0.1) is 28.9 Å². The van der Waals surface area contributed by atoms with Gasteiger partial charge in [0, 0.05) is 70.3 Å². The standard InChI is InChI=1S/C43H54F2N6O3/c1-48-27-28-49(26-20-37(31-11-3-2-4-12-31)47-40(52)33-18-21-43(44,45)22-19-33)29-34(48)30-50(38-17-9-13-32-14-10-23-46-39(32)38)24-7-8-25-51-41(53)35-15-5-6-16-36(35)42(51)54/h2-6,10-12,14-16,23,33-34,37-38H,7-9,13,17-22,24-30H2,1H3,(H,47,52)/t34?,37-,38-/m0/s1. The second-order valence-electron chi connectivity index (χ2n) is 15.8. The Morgan fingerprint density at radius 2 is 1.65 bits per heavy atom. The van der Waals surface area contributed by atoms with Crippen molar-refractivity contribution in [3.05, 3.63) is 101 Å². The van der Waals surface area contributed by atoms with E-state index in [9.17, 15) is 23.2 Å². The monoisotopic (exact) mass is 740 g/mol. The zero-order valence-electron chi connectivity index (χ0n) is 31.5. The van der Waals surface area contributed by atoms with Crippen LogP contribution < -0.4 is 5.32 Å². The lowest BCUT2D eigenvalue weighted by Crippen LogP contribution is -2.56. The number of carbonyl (C=O) groups excluding carboxylic acids is 3. The minimum absolute atomic E-state index is 0.115. The Morgan fingerprint density at radius 3 is 2.39 bits per heavy atom. The number of pyridine rings is 1. The summed E-state index contributed by atoms with van der Waals surface area (Å²) in [6, 6.07) is 21.6. The summed E-state index contributed by atoms with van der Waals surface area (Å²) in [5.74, 6) is -3.55. The first-order valence-corrected chi connectivity index (χ1v) is 20.0. The Morgan fingerprint density at radius 1 is 0.926 bits per heavy atom. The van der Waals surface area contributed by atoms with Gasteiger partial charge < -0.3 is 10.2 Å². The summed E-state index contributed by atoms with van der Waals surface area (Å²) in [6.45, 7) is 5.65. The van der Waals surface area contributed by atoms with Crippen molar-refractivity contribution < 1.29 is 23.2 Å². The van der Waals surface area contributed by atoms with Gasteiger partial charge in [0.15, 0.2) is 0 Å². The third-order valence-electron chi connectivity index (χ3n) is 12.2. The van der Waals surface area contributed by atoms with Crippen LogP contribution >= 0.6 is 0 Å². The number of piperazine rings is 1. The second kappa shape index (κ2) is 17.2. The summed E-state index contributed by atoms with van der Waals surface area (Å²) >= 11 is 0. The van der Waals surface area contributed by atoms with Gasteiger partial charge in [-0.15, -0.1) is 0 Å². The van der Waals surface area contributed by atoms with E-state index in [1.165, 1.54) is 16.2 Å². The Hall–Kier alpha value is -4.06. The summed E-state index contributed by atoms with van der Waals surface area (Å²) < 4.78 is 27.7. The summed E-state index contributed by atoms with van der Waals surface area (Å²) in [4.78, 5) is 53.2. The van der Waals surface area contributed by atoms with Crippen molar-refractivity contribution >= 4 is 17.7 Å². The molecule has 11 heteroatoms. The molecular formula is C43H54F2N6O3. The van der Waals surface area contributed by atoms with Crippen molar-refractivity contribution in [2.75, 3.05) is 52.9 Å². The molecule has 1 aromatic heterocycles. The molecule has 2 aliphatic heterocycles. The Labute approximate surface area is 318 Å². The summed E-state index contributed by atoms with van der Waals surface area (Å²) in [5.41, 5.74) is 4.51. The molecule has 1 N–H and O–H groups in total. The number of carbonyl (C=O) groups is 3. The van der Waals surface area contributed by atoms with Crippen LogP contribution in [0.1, 0.15) is 107 Å². The van der Waals surface area contributed by atoms with Gasteiger partial charge in [0.25, 0.3) is 11.8 Å². The lowest BCUT2D eigenvalue weighted by molar-refractivity contribution is -0.130. The molecule has 2 fully saturated rings. The zero-order valence-corrected chi connectivity index (χ0v) is 31.5. The highest BCUT2D eigenvalue weighted by molar-refractivity contribution is 6.21. The average Bonchev–Trinajstić information content (AvgIpc) is 3.43. The van der Waals surface area contributed by atoms with E-state index in [2.05, 4.69) is 33.1 Å². The van der Waals surface area contributed by atoms with Crippen LogP contribution in [-0.4, -0.2) is 107 Å². The van der Waals surface area contributed by atoms with Gasteiger partial charge in [-0.3, -0.25) is 34.1 Å². The molecule has 3 amide bonds. The number of fused-ring (bicyclic) bond motifs is 2. The number of alkyl halides is 2. The first-order chi connectivity index (χ1) is 26.2. The fourth-order valence-corrected chi connectivity index (χ4v) is 8.93. The smallest absolute Gasteiger partial charge is 0.261 e. The number of unbranched alkanes of at least 4 members (excludes halogenated alkanes) is 1. The van der Waals surface area contributed by atoms with Crippen LogP contribution in [0.3, 0.4) is 0 Å². The first kappa shape index (κ1) is 38.2. The van der Waals surface area contributed by atoms with E-state index in [1.54, 1.807) is 24.3 Å². The van der Waals surface area contributed by atoms with Crippen LogP contribution in [0.5, 0.6) is 0 Å². The summed E-state index contributed by atoms with van der Waals surface area (Å²) in [7, 11) is 2.20. The molecular weight excluding hydrogens is 687 g/mol. The molecule has 1 unspecified atom stereocenters. The molecule has 1 saturated carbocycles. The number of nitrogens with zero attached hydrogens (tertiary/aromatic N) is 5. The summed E-state index contributed by atoms with van der Waals surface area (Å²) in [6.07, 6.45) is 7.39. The lowest BCUT2D eigenvalue weighted by atomic mass is 9.86. The van der Waals surface area contributed by atoms with Crippen molar-refractivity contribution in [1.29, 1.82) is 0 Å². The van der Waals surface area contributed by atoms with Crippen molar-refractivity contribution in [3.63, 3.8) is 0 Å². The van der Waals surface area contributed by atoms with Crippen LogP contribution in [0.4, 0.5) is 8.78 Å². The molecule has 0 radical (unpaired) electrons. The van der Waals surface area contributed by atoms with Gasteiger partial charge in [-0.2, -0.15) is 0 Å². The van der Waals surface area contributed by atoms with E-state index in [4.69, 9.17) is 4.98 Å². The molecule has 4 aliphatic rings. The topological polar surface area (TPSA) is 89.1 Å². The second-order valence-corrected chi connectivity index (χ2v) is 15.8. The molecule has 2 aliphatic carbocycles. The lowest BCUT2D eigenvalue weighted by Gasteiger charge is -2.44. The normalized spacial score (nSPS) is 22.6. The first-order valence-electron chi connectivity index (χ1n) is 20.0. The number of hydrogen-bond acceptors (Lipinski definition) is 7. The number of benzene rings is 2. The number of nitrogens with one attached hydrogen (secondary N) is 1. The van der Waals surface area contributed by atoms with Gasteiger partial charge in [0.1, 0.15) is 0 Å². The Kier molecular flexibility index (Phi) is 12.2. The minimum atomic E-state index is -2.66. The molecule has 3 atom stereocenters. The molecule has 1 saturated heterocycles. The highest BCUT2D eigenvalue weighted by atomic mass is 19.3. The van der Waals surface area contributed by atoms with Crippen LogP contribution in [0.2, 0.25) is 0 Å². The summed E-state index contributed by atoms with van der Waals surface area (Å²) in [5, 5.41) is 3.25. The van der Waals surface area contributed by atoms with E-state index >= 15 is 0 Å². The number of likely N-dealkylation sites (N-methyl/N-ethyl adjacent to an activating group) is 1. The predicted octanol–water partition coefficient (Wildman–Crippen LogP) is 6.53. The number of aryl methyl sites for hydroxylation is 1. The fraction of sp³-hybridized carbons (Fsp3) is 0.535. The molecule has 288 valence electrons. The Balaban J connectivity index is 0.994. The maximum Gasteiger partial charge on any atom is 0.261 e. The molecule has 3 heterocycles. The molecule has 54 heavy (non-hydrogen) atoms. The predicted molar refractivity (Wildman–Crippen MR) is 204 cm³/mol. The maximum atomic E-state index is 13.8. The van der Waals surface area contributed by atoms with E-state index in [0.29, 0.717) is 17.7 Å². The number of hydrogen-bond donors (Lipinski definition) is 1. The number of imide groups is 1. The third kappa shape index (κ3) is 8.90. The SMILES string of the molecule is CN1CCN(CC[C@H](NC(=O)C2CCC(F)(F)CC2)c2ccccc2)CC1CN(CCCCN1C(=O)c2ccccc2C1=O)[C@H]1CCCc2cccnc21. The van der Waals surface area contributed by atoms with Gasteiger partial charge >= 0.3 is 0 Å². The number of aromatic nitrogens is 1. The molecule has 9 nitrogen and oxygen atoms in total. The maximum absolute atomic E-state index is 13.8. The fourth-order valence-electron chi connectivity index (χ4n) is 8.93. The van der Waals surface area contributed by atoms with E-state index in [-0.39, 0.29) is 67.4 Å². The molecule has 0 spiro atoms. The van der Waals surface area contributed by atoms with Crippen LogP contribution in [0.15, 0.2) is 72.9 Å². The quantitative estimate of drug-likeness (QED) is 0.149. The van der Waals surface area contributed by atoms with Crippen LogP contribution in [0.25, 0.3) is 0 Å². The number of amides is 3.